The summed E-state index contributed by atoms with van der Waals surface area (Å²) in [5.41, 5.74) is 2.32. The number of benzene rings is 3. The van der Waals surface area contributed by atoms with E-state index >= 15 is 0 Å². The molecule has 4 aromatic rings. The predicted octanol–water partition coefficient (Wildman–Crippen LogP) is 3.94. The Kier molecular flexibility index (Phi) is 3.53. The van der Waals surface area contributed by atoms with Gasteiger partial charge in [-0.25, -0.2) is 0 Å². The summed E-state index contributed by atoms with van der Waals surface area (Å²) < 4.78 is 17.6. The minimum absolute atomic E-state index is 0.120. The van der Waals surface area contributed by atoms with E-state index in [-0.39, 0.29) is 11.5 Å². The van der Waals surface area contributed by atoms with Crippen LogP contribution in [0, 0.1) is 0 Å². The number of nitrogens with one attached hydrogen (secondary N) is 2. The summed E-state index contributed by atoms with van der Waals surface area (Å²) in [5.74, 6) is 0.705. The Morgan fingerprint density at radius 3 is 2.55 bits per heavy atom. The topological polar surface area (TPSA) is 96.0 Å². The second-order valence-electron chi connectivity index (χ2n) is 7.70. The van der Waals surface area contributed by atoms with Gasteiger partial charge in [-0.1, -0.05) is 36.4 Å². The average molecular weight is 416 g/mol. The first kappa shape index (κ1) is 18.0. The highest BCUT2D eigenvalue weighted by Gasteiger charge is 2.58. The van der Waals surface area contributed by atoms with Crippen LogP contribution in [0.1, 0.15) is 11.1 Å². The molecule has 3 aromatic carbocycles. The predicted molar refractivity (Wildman–Crippen MR) is 116 cm³/mol. The average Bonchev–Trinajstić information content (AvgIpc) is 3.42. The molecule has 0 aliphatic carbocycles. The highest BCUT2D eigenvalue weighted by atomic mass is 16.6. The summed E-state index contributed by atoms with van der Waals surface area (Å²) in [6, 6.07) is 15.2. The fourth-order valence-corrected chi connectivity index (χ4v) is 4.88. The number of hydrogen-bond donors (Lipinski definition) is 4. The second kappa shape index (κ2) is 6.09. The molecule has 2 aliphatic rings. The number of aromatic nitrogens is 1. The van der Waals surface area contributed by atoms with E-state index in [1.165, 1.54) is 14.2 Å². The molecule has 2 aliphatic heterocycles. The van der Waals surface area contributed by atoms with Gasteiger partial charge in [0, 0.05) is 33.9 Å². The van der Waals surface area contributed by atoms with Crippen LogP contribution in [0.4, 0.5) is 5.69 Å². The SMILES string of the molecule is COc1c2c(c(OC)c(O)c1-c1c[nH]c3ccccc13)[C@]1(O)c3ccccc3N[C@@H]1O2. The molecule has 1 aromatic heterocycles. The minimum Gasteiger partial charge on any atom is -0.504 e. The zero-order valence-electron chi connectivity index (χ0n) is 16.9. The van der Waals surface area contributed by atoms with Crippen LogP contribution < -0.4 is 19.5 Å². The number of rotatable bonds is 3. The van der Waals surface area contributed by atoms with Gasteiger partial charge in [-0.2, -0.15) is 0 Å². The first-order chi connectivity index (χ1) is 15.1. The molecule has 2 atom stereocenters. The number of aromatic hydroxyl groups is 1. The molecule has 0 radical (unpaired) electrons. The number of ether oxygens (including phenoxy) is 3. The van der Waals surface area contributed by atoms with Gasteiger partial charge < -0.3 is 34.7 Å². The number of anilines is 1. The van der Waals surface area contributed by atoms with Crippen molar-refractivity contribution in [3.63, 3.8) is 0 Å². The van der Waals surface area contributed by atoms with Gasteiger partial charge in [0.05, 0.1) is 25.3 Å². The van der Waals surface area contributed by atoms with Gasteiger partial charge in [0.1, 0.15) is 0 Å². The maximum absolute atomic E-state index is 11.8. The quantitative estimate of drug-likeness (QED) is 0.404. The van der Waals surface area contributed by atoms with E-state index in [0.717, 1.165) is 22.2 Å². The molecule has 0 fully saturated rings. The molecule has 156 valence electrons. The normalized spacial score (nSPS) is 20.5. The molecule has 7 heteroatoms. The maximum Gasteiger partial charge on any atom is 0.208 e. The molecular formula is C24H20N2O5. The van der Waals surface area contributed by atoms with Crippen LogP contribution in [0.25, 0.3) is 22.0 Å². The second-order valence-corrected chi connectivity index (χ2v) is 7.70. The van der Waals surface area contributed by atoms with Crippen molar-refractivity contribution in [3.05, 3.63) is 65.9 Å². The Morgan fingerprint density at radius 1 is 1.00 bits per heavy atom. The molecule has 31 heavy (non-hydrogen) atoms. The van der Waals surface area contributed by atoms with Gasteiger partial charge in [-0.15, -0.1) is 0 Å². The fraction of sp³-hybridized carbons (Fsp3) is 0.167. The lowest BCUT2D eigenvalue weighted by molar-refractivity contribution is 0.0172. The van der Waals surface area contributed by atoms with Crippen molar-refractivity contribution in [1.82, 2.24) is 4.98 Å². The summed E-state index contributed by atoms with van der Waals surface area (Å²) >= 11 is 0. The minimum atomic E-state index is -1.54. The molecule has 4 N–H and O–H groups in total. The third kappa shape index (κ3) is 2.11. The van der Waals surface area contributed by atoms with Crippen molar-refractivity contribution in [3.8, 4) is 34.1 Å². The smallest absolute Gasteiger partial charge is 0.208 e. The number of H-pyrrole nitrogens is 1. The lowest BCUT2D eigenvalue weighted by Crippen LogP contribution is -2.38. The van der Waals surface area contributed by atoms with E-state index in [1.807, 2.05) is 54.7 Å². The first-order valence-corrected chi connectivity index (χ1v) is 9.92. The van der Waals surface area contributed by atoms with E-state index in [1.54, 1.807) is 0 Å². The third-order valence-corrected chi connectivity index (χ3v) is 6.23. The lowest BCUT2D eigenvalue weighted by Gasteiger charge is -2.24. The zero-order valence-corrected chi connectivity index (χ0v) is 16.9. The largest absolute Gasteiger partial charge is 0.504 e. The van der Waals surface area contributed by atoms with Gasteiger partial charge in [-0.05, 0) is 12.1 Å². The van der Waals surface area contributed by atoms with Gasteiger partial charge in [0.2, 0.25) is 6.23 Å². The molecule has 0 spiro atoms. The highest BCUT2D eigenvalue weighted by Crippen LogP contribution is 2.63. The van der Waals surface area contributed by atoms with E-state index < -0.39 is 11.8 Å². The highest BCUT2D eigenvalue weighted by molar-refractivity contribution is 6.01. The number of methoxy groups -OCH3 is 2. The van der Waals surface area contributed by atoms with Crippen LogP contribution in [0.15, 0.2) is 54.7 Å². The van der Waals surface area contributed by atoms with Crippen molar-refractivity contribution in [2.45, 2.75) is 11.8 Å². The van der Waals surface area contributed by atoms with Crippen molar-refractivity contribution in [2.75, 3.05) is 19.5 Å². The monoisotopic (exact) mass is 416 g/mol. The van der Waals surface area contributed by atoms with Gasteiger partial charge in [-0.3, -0.25) is 0 Å². The van der Waals surface area contributed by atoms with Crippen molar-refractivity contribution in [1.29, 1.82) is 0 Å². The zero-order chi connectivity index (χ0) is 21.3. The van der Waals surface area contributed by atoms with Crippen LogP contribution in [0.2, 0.25) is 0 Å². The Hall–Kier alpha value is -3.84. The Labute approximate surface area is 177 Å². The number of hydrogen-bond acceptors (Lipinski definition) is 6. The van der Waals surface area contributed by atoms with Crippen LogP contribution in [-0.2, 0) is 5.60 Å². The molecule has 0 unspecified atom stereocenters. The molecule has 7 nitrogen and oxygen atoms in total. The summed E-state index contributed by atoms with van der Waals surface area (Å²) in [6.45, 7) is 0. The summed E-state index contributed by atoms with van der Waals surface area (Å²) in [6.07, 6.45) is 1.03. The van der Waals surface area contributed by atoms with Crippen LogP contribution in [0.5, 0.6) is 23.0 Å². The Balaban J connectivity index is 1.69. The maximum atomic E-state index is 11.8. The number of phenols is 1. The Morgan fingerprint density at radius 2 is 1.74 bits per heavy atom. The lowest BCUT2D eigenvalue weighted by atomic mass is 9.85. The van der Waals surface area contributed by atoms with Gasteiger partial charge >= 0.3 is 0 Å². The van der Waals surface area contributed by atoms with Crippen molar-refractivity contribution >= 4 is 16.6 Å². The van der Waals surface area contributed by atoms with Gasteiger partial charge in [0.15, 0.2) is 28.6 Å². The van der Waals surface area contributed by atoms with E-state index in [2.05, 4.69) is 10.3 Å². The summed E-state index contributed by atoms with van der Waals surface area (Å²) in [7, 11) is 2.98. The third-order valence-electron chi connectivity index (χ3n) is 6.23. The molecule has 0 saturated heterocycles. The van der Waals surface area contributed by atoms with Crippen LogP contribution in [-0.4, -0.2) is 35.6 Å². The molecule has 0 saturated carbocycles. The van der Waals surface area contributed by atoms with E-state index in [4.69, 9.17) is 14.2 Å². The van der Waals surface area contributed by atoms with E-state index in [0.29, 0.717) is 28.2 Å². The number of fused-ring (bicyclic) bond motifs is 6. The summed E-state index contributed by atoms with van der Waals surface area (Å²) in [5, 5.41) is 27.4. The molecule has 0 bridgehead atoms. The van der Waals surface area contributed by atoms with Crippen molar-refractivity contribution < 1.29 is 24.4 Å². The number of para-hydroxylation sites is 2. The molecular weight excluding hydrogens is 396 g/mol. The number of aromatic amines is 1. The van der Waals surface area contributed by atoms with Crippen molar-refractivity contribution in [2.24, 2.45) is 0 Å². The standard InChI is InChI=1S/C24H20N2O5/c1-29-20-17(13-11-25-15-9-5-3-7-12(13)15)19(27)21(30-2)18-22(20)31-23-24(18,28)14-8-4-6-10-16(14)26-23/h3-11,23,25-28H,1-2H3/t23-,24-/m1/s1. The van der Waals surface area contributed by atoms with Crippen LogP contribution >= 0.6 is 0 Å². The number of phenolic OH excluding ortho intramolecular Hbond substituents is 1. The molecule has 6 rings (SSSR count). The fourth-order valence-electron chi connectivity index (χ4n) is 4.88. The van der Waals surface area contributed by atoms with Crippen LogP contribution in [0.3, 0.4) is 0 Å². The van der Waals surface area contributed by atoms with E-state index in [9.17, 15) is 10.2 Å². The number of aliphatic hydroxyl groups is 1. The Bertz CT molecular complexity index is 1360. The molecule has 0 amide bonds. The summed E-state index contributed by atoms with van der Waals surface area (Å²) in [4.78, 5) is 3.22. The first-order valence-electron chi connectivity index (χ1n) is 9.92. The van der Waals surface area contributed by atoms with Gasteiger partial charge in [0.25, 0.3) is 0 Å². The molecule has 3 heterocycles.